The first kappa shape index (κ1) is 16.1. The number of hydrogen-bond acceptors (Lipinski definition) is 2. The Labute approximate surface area is 131 Å². The molecule has 0 bridgehead atoms. The lowest BCUT2D eigenvalue weighted by Crippen LogP contribution is -2.16. The summed E-state index contributed by atoms with van der Waals surface area (Å²) in [5.41, 5.74) is 2.16. The predicted octanol–water partition coefficient (Wildman–Crippen LogP) is 4.31. The van der Waals surface area contributed by atoms with Gasteiger partial charge in [0.1, 0.15) is 12.4 Å². The maximum atomic E-state index is 11.2. The summed E-state index contributed by atoms with van der Waals surface area (Å²) >= 11 is 0. The van der Waals surface area contributed by atoms with Crippen LogP contribution in [0.1, 0.15) is 30.9 Å². The van der Waals surface area contributed by atoms with E-state index in [0.717, 1.165) is 23.3 Å². The van der Waals surface area contributed by atoms with E-state index in [4.69, 9.17) is 4.74 Å². The maximum Gasteiger partial charge on any atom is 0.306 e. The Morgan fingerprint density at radius 2 is 1.73 bits per heavy atom. The van der Waals surface area contributed by atoms with Gasteiger partial charge in [-0.1, -0.05) is 55.8 Å². The lowest BCUT2D eigenvalue weighted by atomic mass is 9.95. The largest absolute Gasteiger partial charge is 0.489 e. The van der Waals surface area contributed by atoms with Gasteiger partial charge in [0.05, 0.1) is 5.92 Å². The van der Waals surface area contributed by atoms with Gasteiger partial charge in [-0.25, -0.2) is 0 Å². The number of carbonyl (C=O) groups is 1. The molecule has 1 unspecified atom stereocenters. The van der Waals surface area contributed by atoms with E-state index in [1.165, 1.54) is 0 Å². The van der Waals surface area contributed by atoms with E-state index in [9.17, 15) is 9.90 Å². The van der Waals surface area contributed by atoms with Gasteiger partial charge in [-0.15, -0.1) is 0 Å². The zero-order valence-electron chi connectivity index (χ0n) is 12.9. The maximum absolute atomic E-state index is 11.2. The Hall–Kier alpha value is -2.29. The van der Waals surface area contributed by atoms with E-state index in [2.05, 4.69) is 0 Å². The highest BCUT2D eigenvalue weighted by Gasteiger charge is 2.16. The van der Waals surface area contributed by atoms with Crippen molar-refractivity contribution in [3.05, 3.63) is 65.7 Å². The van der Waals surface area contributed by atoms with Gasteiger partial charge in [-0.05, 0) is 36.1 Å². The quantitative estimate of drug-likeness (QED) is 0.790. The Morgan fingerprint density at radius 3 is 2.32 bits per heavy atom. The Kier molecular flexibility index (Phi) is 6.01. The second-order valence-electron chi connectivity index (χ2n) is 5.45. The molecule has 0 heterocycles. The summed E-state index contributed by atoms with van der Waals surface area (Å²) in [5.74, 6) is -0.220. The lowest BCUT2D eigenvalue weighted by Gasteiger charge is -2.12. The number of rotatable bonds is 8. The van der Waals surface area contributed by atoms with Crippen molar-refractivity contribution in [3.63, 3.8) is 0 Å². The highest BCUT2D eigenvalue weighted by molar-refractivity contribution is 5.70. The minimum atomic E-state index is -0.716. The number of ether oxygens (including phenoxy) is 1. The van der Waals surface area contributed by atoms with E-state index >= 15 is 0 Å². The smallest absolute Gasteiger partial charge is 0.306 e. The van der Waals surface area contributed by atoms with Gasteiger partial charge in [-0.3, -0.25) is 4.79 Å². The SMILES string of the molecule is CCCC(Cc1ccc(OCc2ccccc2)cc1)C(=O)O. The van der Waals surface area contributed by atoms with Gasteiger partial charge < -0.3 is 9.84 Å². The third-order valence-corrected chi connectivity index (χ3v) is 3.64. The Morgan fingerprint density at radius 1 is 1.05 bits per heavy atom. The van der Waals surface area contributed by atoms with Crippen molar-refractivity contribution in [2.75, 3.05) is 0 Å². The van der Waals surface area contributed by atoms with Crippen LogP contribution in [0.25, 0.3) is 0 Å². The Balaban J connectivity index is 1.91. The summed E-state index contributed by atoms with van der Waals surface area (Å²) < 4.78 is 5.73. The average molecular weight is 298 g/mol. The monoisotopic (exact) mass is 298 g/mol. The van der Waals surface area contributed by atoms with Crippen molar-refractivity contribution in [2.24, 2.45) is 5.92 Å². The number of carboxylic acids is 1. The van der Waals surface area contributed by atoms with Crippen LogP contribution in [0.2, 0.25) is 0 Å². The molecule has 0 saturated heterocycles. The summed E-state index contributed by atoms with van der Waals surface area (Å²) in [6.07, 6.45) is 2.17. The van der Waals surface area contributed by atoms with E-state index in [1.807, 2.05) is 61.5 Å². The summed E-state index contributed by atoms with van der Waals surface area (Å²) in [6.45, 7) is 2.55. The van der Waals surface area contributed by atoms with Crippen molar-refractivity contribution >= 4 is 5.97 Å². The highest BCUT2D eigenvalue weighted by atomic mass is 16.5. The summed E-state index contributed by atoms with van der Waals surface area (Å²) in [4.78, 5) is 11.2. The molecule has 2 rings (SSSR count). The van der Waals surface area contributed by atoms with Crippen molar-refractivity contribution in [1.82, 2.24) is 0 Å². The molecule has 3 heteroatoms. The fourth-order valence-electron chi connectivity index (χ4n) is 2.41. The minimum absolute atomic E-state index is 0.305. The molecule has 1 N–H and O–H groups in total. The molecule has 2 aromatic rings. The molecular weight excluding hydrogens is 276 g/mol. The van der Waals surface area contributed by atoms with Gasteiger partial charge in [-0.2, -0.15) is 0 Å². The second-order valence-corrected chi connectivity index (χ2v) is 5.45. The van der Waals surface area contributed by atoms with Crippen LogP contribution in [-0.4, -0.2) is 11.1 Å². The third kappa shape index (κ3) is 4.92. The number of carboxylic acid groups (broad SMARTS) is 1. The van der Waals surface area contributed by atoms with Crippen LogP contribution in [0, 0.1) is 5.92 Å². The first-order chi connectivity index (χ1) is 10.7. The van der Waals surface area contributed by atoms with Crippen LogP contribution in [0.5, 0.6) is 5.75 Å². The normalized spacial score (nSPS) is 11.9. The molecule has 116 valence electrons. The number of hydrogen-bond donors (Lipinski definition) is 1. The molecule has 0 amide bonds. The molecule has 0 aliphatic rings. The molecular formula is C19H22O3. The lowest BCUT2D eigenvalue weighted by molar-refractivity contribution is -0.141. The van der Waals surface area contributed by atoms with Crippen LogP contribution in [0.3, 0.4) is 0 Å². The first-order valence-electron chi connectivity index (χ1n) is 7.67. The van der Waals surface area contributed by atoms with Gasteiger partial charge in [0.25, 0.3) is 0 Å². The van der Waals surface area contributed by atoms with E-state index in [-0.39, 0.29) is 5.92 Å². The molecule has 0 aromatic heterocycles. The minimum Gasteiger partial charge on any atom is -0.489 e. The fraction of sp³-hybridized carbons (Fsp3) is 0.316. The first-order valence-corrected chi connectivity index (χ1v) is 7.67. The zero-order valence-corrected chi connectivity index (χ0v) is 12.9. The molecule has 3 nitrogen and oxygen atoms in total. The van der Waals surface area contributed by atoms with Crippen LogP contribution in [0.15, 0.2) is 54.6 Å². The van der Waals surface area contributed by atoms with E-state index in [1.54, 1.807) is 0 Å². The molecule has 22 heavy (non-hydrogen) atoms. The van der Waals surface area contributed by atoms with Crippen molar-refractivity contribution in [1.29, 1.82) is 0 Å². The van der Waals surface area contributed by atoms with Gasteiger partial charge in [0.2, 0.25) is 0 Å². The topological polar surface area (TPSA) is 46.5 Å². The fourth-order valence-corrected chi connectivity index (χ4v) is 2.41. The highest BCUT2D eigenvalue weighted by Crippen LogP contribution is 2.19. The summed E-state index contributed by atoms with van der Waals surface area (Å²) in [7, 11) is 0. The zero-order chi connectivity index (χ0) is 15.8. The molecule has 0 aliphatic heterocycles. The Bertz CT molecular complexity index is 575. The van der Waals surface area contributed by atoms with Crippen LogP contribution in [-0.2, 0) is 17.8 Å². The third-order valence-electron chi connectivity index (χ3n) is 3.64. The van der Waals surface area contributed by atoms with Crippen LogP contribution >= 0.6 is 0 Å². The molecule has 2 aromatic carbocycles. The molecule has 0 radical (unpaired) electrons. The summed E-state index contributed by atoms with van der Waals surface area (Å²) in [6, 6.07) is 17.7. The molecule has 0 saturated carbocycles. The van der Waals surface area contributed by atoms with E-state index < -0.39 is 5.97 Å². The van der Waals surface area contributed by atoms with E-state index in [0.29, 0.717) is 19.4 Å². The molecule has 0 spiro atoms. The molecule has 1 atom stereocenters. The number of aliphatic carboxylic acids is 1. The number of benzene rings is 2. The molecule has 0 aliphatic carbocycles. The predicted molar refractivity (Wildman–Crippen MR) is 87.0 cm³/mol. The summed E-state index contributed by atoms with van der Waals surface area (Å²) in [5, 5.41) is 9.21. The van der Waals surface area contributed by atoms with Crippen molar-refractivity contribution < 1.29 is 14.6 Å². The van der Waals surface area contributed by atoms with Crippen molar-refractivity contribution in [2.45, 2.75) is 32.8 Å². The van der Waals surface area contributed by atoms with Gasteiger partial charge in [0, 0.05) is 0 Å². The van der Waals surface area contributed by atoms with Gasteiger partial charge in [0.15, 0.2) is 0 Å². The van der Waals surface area contributed by atoms with Crippen LogP contribution < -0.4 is 4.74 Å². The molecule has 0 fully saturated rings. The standard InChI is InChI=1S/C19H22O3/c1-2-6-17(19(20)21)13-15-9-11-18(12-10-15)22-14-16-7-4-3-5-8-16/h3-5,7-12,17H,2,6,13-14H2,1H3,(H,20,21). The van der Waals surface area contributed by atoms with Crippen LogP contribution in [0.4, 0.5) is 0 Å². The average Bonchev–Trinajstić information content (AvgIpc) is 2.54. The second kappa shape index (κ2) is 8.23. The van der Waals surface area contributed by atoms with Crippen molar-refractivity contribution in [3.8, 4) is 5.75 Å². The van der Waals surface area contributed by atoms with Gasteiger partial charge >= 0.3 is 5.97 Å².